The minimum atomic E-state index is -1.36. The van der Waals surface area contributed by atoms with Crippen LogP contribution < -0.4 is 0 Å². The summed E-state index contributed by atoms with van der Waals surface area (Å²) in [5.74, 6) is -1.47. The van der Waals surface area contributed by atoms with E-state index in [0.717, 1.165) is 5.57 Å². The molecule has 4 fully saturated rings. The quantitative estimate of drug-likeness (QED) is 0.463. The molecule has 2 bridgehead atoms. The Labute approximate surface area is 212 Å². The zero-order valence-corrected chi connectivity index (χ0v) is 22.3. The number of fused-ring (bicyclic) bond motifs is 3. The maximum atomic E-state index is 14.3. The molecule has 1 saturated heterocycles. The van der Waals surface area contributed by atoms with Gasteiger partial charge in [0.15, 0.2) is 11.4 Å². The number of allylic oxidation sites excluding steroid dienone is 1. The van der Waals surface area contributed by atoms with Crippen molar-refractivity contribution in [3.05, 3.63) is 11.6 Å². The van der Waals surface area contributed by atoms with Gasteiger partial charge in [0.1, 0.15) is 18.0 Å². The lowest BCUT2D eigenvalue weighted by molar-refractivity contribution is -0.190. The molecule has 1 N–H and O–H groups in total. The van der Waals surface area contributed by atoms with Gasteiger partial charge in [-0.05, 0) is 38.0 Å². The van der Waals surface area contributed by atoms with Crippen LogP contribution in [0.3, 0.4) is 0 Å². The van der Waals surface area contributed by atoms with Crippen molar-refractivity contribution >= 4 is 23.5 Å². The molecule has 9 atom stereocenters. The Morgan fingerprint density at radius 3 is 2.25 bits per heavy atom. The highest BCUT2D eigenvalue weighted by molar-refractivity contribution is 5.94. The Morgan fingerprint density at radius 2 is 1.69 bits per heavy atom. The van der Waals surface area contributed by atoms with Gasteiger partial charge in [0.05, 0.1) is 12.7 Å². The summed E-state index contributed by atoms with van der Waals surface area (Å²) in [6.07, 6.45) is 1.37. The Kier molecular flexibility index (Phi) is 5.33. The molecule has 0 spiro atoms. The van der Waals surface area contributed by atoms with E-state index in [0.29, 0.717) is 25.9 Å². The molecule has 5 rings (SSSR count). The third kappa shape index (κ3) is 2.72. The molecule has 0 aromatic heterocycles. The minimum Gasteiger partial charge on any atom is -0.459 e. The lowest BCUT2D eigenvalue weighted by Crippen LogP contribution is -2.66. The van der Waals surface area contributed by atoms with Crippen LogP contribution in [-0.2, 0) is 33.4 Å². The number of esters is 2. The van der Waals surface area contributed by atoms with E-state index < -0.39 is 57.5 Å². The number of carbonyl (C=O) groups excluding carboxylic acids is 4. The molecule has 0 aromatic carbocycles. The molecule has 8 nitrogen and oxygen atoms in total. The third-order valence-electron chi connectivity index (χ3n) is 11.1. The first kappa shape index (κ1) is 25.6. The highest BCUT2D eigenvalue weighted by Gasteiger charge is 2.83. The highest BCUT2D eigenvalue weighted by atomic mass is 16.6. The van der Waals surface area contributed by atoms with Gasteiger partial charge in [-0.3, -0.25) is 19.2 Å². The van der Waals surface area contributed by atoms with E-state index in [9.17, 15) is 24.3 Å². The van der Waals surface area contributed by atoms with Crippen LogP contribution in [0, 0.1) is 33.5 Å². The van der Waals surface area contributed by atoms with Gasteiger partial charge < -0.3 is 19.3 Å². The molecule has 1 heterocycles. The standard InChI is InChI=1S/C28H38O8/c1-14(29)28-22(33)12-27(13-34-28)20-9-8-17-18(26(20,7)21(32)11-25(27,28)6)10-19(35-15(2)30)23(24(17,4)5)36-16(3)31/h8,18-20,22-23,33H,9-13H2,1-7H3/t18-,19+,20-,22-,23-,25+,26+,27-,28-/m1/s1. The predicted molar refractivity (Wildman–Crippen MR) is 127 cm³/mol. The molecular weight excluding hydrogens is 464 g/mol. The molecule has 0 amide bonds. The fourth-order valence-corrected chi connectivity index (χ4v) is 9.52. The Morgan fingerprint density at radius 1 is 1.06 bits per heavy atom. The van der Waals surface area contributed by atoms with Crippen molar-refractivity contribution in [1.82, 2.24) is 0 Å². The number of Topliss-reactive ketones (excluding diaryl/α,β-unsaturated/α-hetero) is 2. The number of hydrogen-bond donors (Lipinski definition) is 1. The molecule has 0 aromatic rings. The number of ketones is 2. The summed E-state index contributed by atoms with van der Waals surface area (Å²) in [5, 5.41) is 11.2. The number of carbonyl (C=O) groups is 4. The maximum absolute atomic E-state index is 14.3. The van der Waals surface area contributed by atoms with E-state index in [-0.39, 0.29) is 29.8 Å². The van der Waals surface area contributed by atoms with Gasteiger partial charge in [0.2, 0.25) is 0 Å². The van der Waals surface area contributed by atoms with Gasteiger partial charge >= 0.3 is 11.9 Å². The number of ether oxygens (including phenoxy) is 3. The van der Waals surface area contributed by atoms with Gasteiger partial charge in [-0.1, -0.05) is 39.3 Å². The number of hydrogen-bond acceptors (Lipinski definition) is 8. The second-order valence-corrected chi connectivity index (χ2v) is 12.8. The number of rotatable bonds is 3. The molecule has 0 unspecified atom stereocenters. The molecule has 4 aliphatic carbocycles. The zero-order chi connectivity index (χ0) is 26.6. The summed E-state index contributed by atoms with van der Waals surface area (Å²) in [7, 11) is 0. The predicted octanol–water partition coefficient (Wildman–Crippen LogP) is 2.94. The molecule has 8 heteroatoms. The minimum absolute atomic E-state index is 0.0507. The molecule has 0 radical (unpaired) electrons. The van der Waals surface area contributed by atoms with Gasteiger partial charge in [0.25, 0.3) is 0 Å². The van der Waals surface area contributed by atoms with Crippen LogP contribution >= 0.6 is 0 Å². The van der Waals surface area contributed by atoms with Gasteiger partial charge in [0, 0.05) is 41.9 Å². The summed E-state index contributed by atoms with van der Waals surface area (Å²) in [4.78, 5) is 51.2. The van der Waals surface area contributed by atoms with Crippen molar-refractivity contribution in [2.24, 2.45) is 33.5 Å². The first-order valence-corrected chi connectivity index (χ1v) is 13.0. The van der Waals surface area contributed by atoms with Gasteiger partial charge in [-0.15, -0.1) is 0 Å². The van der Waals surface area contributed by atoms with E-state index in [1.54, 1.807) is 0 Å². The van der Waals surface area contributed by atoms with Crippen molar-refractivity contribution in [2.45, 2.75) is 98.1 Å². The molecular formula is C28H38O8. The average molecular weight is 503 g/mol. The SMILES string of the molecule is CC(=O)O[C@H]1C[C@@H]2C(=CC[C@@H]3[C@@]2(C)C(=O)C[C@@]2(C)[C@]34CO[C@]2(C(C)=O)[C@H](O)C4)C(C)(C)[C@@H]1OC(C)=O. The van der Waals surface area contributed by atoms with E-state index in [2.05, 4.69) is 6.08 Å². The molecule has 5 aliphatic rings. The summed E-state index contributed by atoms with van der Waals surface area (Å²) in [6, 6.07) is 0. The van der Waals surface area contributed by atoms with Crippen LogP contribution in [-0.4, -0.2) is 59.1 Å². The topological polar surface area (TPSA) is 116 Å². The first-order valence-electron chi connectivity index (χ1n) is 13.0. The smallest absolute Gasteiger partial charge is 0.303 e. The van der Waals surface area contributed by atoms with Crippen LogP contribution in [0.4, 0.5) is 0 Å². The fourth-order valence-electron chi connectivity index (χ4n) is 9.52. The van der Waals surface area contributed by atoms with E-state index >= 15 is 0 Å². The Balaban J connectivity index is 1.64. The van der Waals surface area contributed by atoms with Gasteiger partial charge in [-0.2, -0.15) is 0 Å². The van der Waals surface area contributed by atoms with Crippen molar-refractivity contribution in [3.8, 4) is 0 Å². The van der Waals surface area contributed by atoms with Crippen molar-refractivity contribution in [3.63, 3.8) is 0 Å². The van der Waals surface area contributed by atoms with Crippen LogP contribution in [0.1, 0.15) is 74.1 Å². The maximum Gasteiger partial charge on any atom is 0.303 e. The van der Waals surface area contributed by atoms with E-state index in [1.165, 1.54) is 20.8 Å². The highest BCUT2D eigenvalue weighted by Crippen LogP contribution is 2.77. The summed E-state index contributed by atoms with van der Waals surface area (Å²) in [5.41, 5.74) is -3.11. The third-order valence-corrected chi connectivity index (χ3v) is 11.1. The van der Waals surface area contributed by atoms with Crippen LogP contribution in [0.2, 0.25) is 0 Å². The van der Waals surface area contributed by atoms with Gasteiger partial charge in [-0.25, -0.2) is 0 Å². The summed E-state index contributed by atoms with van der Waals surface area (Å²) < 4.78 is 17.6. The second kappa shape index (κ2) is 7.50. The Bertz CT molecular complexity index is 1090. The first-order chi connectivity index (χ1) is 16.6. The lowest BCUT2D eigenvalue weighted by atomic mass is 9.38. The van der Waals surface area contributed by atoms with E-state index in [1.807, 2.05) is 27.7 Å². The lowest BCUT2D eigenvalue weighted by Gasteiger charge is -2.63. The zero-order valence-electron chi connectivity index (χ0n) is 22.3. The molecule has 1 aliphatic heterocycles. The monoisotopic (exact) mass is 502 g/mol. The normalized spacial score (nSPS) is 48.3. The van der Waals surface area contributed by atoms with Crippen molar-refractivity contribution in [2.75, 3.05) is 6.61 Å². The average Bonchev–Trinajstić information content (AvgIpc) is 3.11. The van der Waals surface area contributed by atoms with Crippen LogP contribution in [0.25, 0.3) is 0 Å². The molecule has 36 heavy (non-hydrogen) atoms. The summed E-state index contributed by atoms with van der Waals surface area (Å²) >= 11 is 0. The summed E-state index contributed by atoms with van der Waals surface area (Å²) in [6.45, 7) is 12.4. The van der Waals surface area contributed by atoms with Crippen molar-refractivity contribution in [1.29, 1.82) is 0 Å². The van der Waals surface area contributed by atoms with Crippen LogP contribution in [0.15, 0.2) is 11.6 Å². The van der Waals surface area contributed by atoms with Crippen molar-refractivity contribution < 1.29 is 38.5 Å². The Hall–Kier alpha value is -2.06. The molecule has 198 valence electrons. The number of aliphatic hydroxyl groups is 1. The fraction of sp³-hybridized carbons (Fsp3) is 0.786. The number of aliphatic hydroxyl groups excluding tert-OH is 1. The largest absolute Gasteiger partial charge is 0.459 e. The van der Waals surface area contributed by atoms with E-state index in [4.69, 9.17) is 14.2 Å². The van der Waals surface area contributed by atoms with Crippen LogP contribution in [0.5, 0.6) is 0 Å². The molecule has 3 saturated carbocycles. The second-order valence-electron chi connectivity index (χ2n) is 12.8.